The molecule has 2 aliphatic carbocycles. The van der Waals surface area contributed by atoms with E-state index >= 15 is 0 Å². The zero-order chi connectivity index (χ0) is 21.8. The summed E-state index contributed by atoms with van der Waals surface area (Å²) < 4.78 is 0. The molecule has 166 valence electrons. The number of hydrogen-bond acceptors (Lipinski definition) is 5. The quantitative estimate of drug-likeness (QED) is 0.691. The number of benzene rings is 1. The maximum atomic E-state index is 12.3. The molecule has 2 aromatic rings. The summed E-state index contributed by atoms with van der Waals surface area (Å²) in [5.41, 5.74) is 3.19. The van der Waals surface area contributed by atoms with E-state index in [1.54, 1.807) is 24.3 Å². The van der Waals surface area contributed by atoms with E-state index in [2.05, 4.69) is 29.6 Å². The summed E-state index contributed by atoms with van der Waals surface area (Å²) in [5, 5.41) is 7.31. The molecule has 1 aromatic carbocycles. The van der Waals surface area contributed by atoms with Gasteiger partial charge in [0, 0.05) is 42.8 Å². The molecule has 0 radical (unpaired) electrons. The Hall–Kier alpha value is -2.34. The summed E-state index contributed by atoms with van der Waals surface area (Å²) in [4.78, 5) is 24.1. The van der Waals surface area contributed by atoms with E-state index in [1.165, 1.54) is 24.1 Å². The third-order valence-corrected chi connectivity index (χ3v) is 6.67. The first kappa shape index (κ1) is 21.9. The minimum absolute atomic E-state index is 0.0319. The van der Waals surface area contributed by atoms with Gasteiger partial charge in [-0.1, -0.05) is 11.6 Å². The van der Waals surface area contributed by atoms with Crippen LogP contribution in [0.4, 0.5) is 11.8 Å². The molecule has 4 rings (SSSR count). The second-order valence-corrected chi connectivity index (χ2v) is 9.41. The lowest BCUT2D eigenvalue weighted by Crippen LogP contribution is -2.34. The average Bonchev–Trinajstić information content (AvgIpc) is 2.78. The van der Waals surface area contributed by atoms with Crippen LogP contribution in [0.2, 0.25) is 5.02 Å². The zero-order valence-electron chi connectivity index (χ0n) is 18.5. The van der Waals surface area contributed by atoms with Crippen molar-refractivity contribution in [3.05, 3.63) is 46.1 Å². The summed E-state index contributed by atoms with van der Waals surface area (Å²) in [6.45, 7) is 0.717. The topological polar surface area (TPSA) is 70.2 Å². The number of amides is 1. The number of anilines is 2. The fourth-order valence-electron chi connectivity index (χ4n) is 4.64. The molecule has 1 saturated carbocycles. The molecule has 7 heteroatoms. The normalized spacial score (nSPS) is 20.6. The first-order chi connectivity index (χ1) is 15.0. The fraction of sp³-hybridized carbons (Fsp3) is 0.542. The number of nitrogens with one attached hydrogen (secondary N) is 2. The van der Waals surface area contributed by atoms with E-state index < -0.39 is 0 Å². The van der Waals surface area contributed by atoms with Crippen LogP contribution in [0, 0.1) is 5.92 Å². The Balaban J connectivity index is 1.29. The van der Waals surface area contributed by atoms with Gasteiger partial charge in [-0.25, -0.2) is 4.98 Å². The molecule has 2 aliphatic rings. The lowest BCUT2D eigenvalue weighted by molar-refractivity contribution is 0.0943. The van der Waals surface area contributed by atoms with Gasteiger partial charge in [-0.15, -0.1) is 0 Å². The summed E-state index contributed by atoms with van der Waals surface area (Å²) in [6, 6.07) is 7.41. The molecule has 0 atom stereocenters. The van der Waals surface area contributed by atoms with Gasteiger partial charge in [-0.3, -0.25) is 4.79 Å². The molecule has 0 spiro atoms. The van der Waals surface area contributed by atoms with Gasteiger partial charge in [0.1, 0.15) is 5.82 Å². The number of rotatable bonds is 6. The lowest BCUT2D eigenvalue weighted by atomic mass is 9.86. The van der Waals surface area contributed by atoms with Crippen molar-refractivity contribution in [1.82, 2.24) is 15.3 Å². The van der Waals surface area contributed by atoms with Gasteiger partial charge < -0.3 is 15.5 Å². The van der Waals surface area contributed by atoms with E-state index in [1.807, 2.05) is 0 Å². The van der Waals surface area contributed by atoms with Gasteiger partial charge in [0.2, 0.25) is 5.95 Å². The lowest BCUT2D eigenvalue weighted by Gasteiger charge is -2.30. The van der Waals surface area contributed by atoms with E-state index in [0.29, 0.717) is 29.1 Å². The molecule has 6 nitrogen and oxygen atoms in total. The van der Waals surface area contributed by atoms with E-state index in [-0.39, 0.29) is 5.91 Å². The number of aryl methyl sites for hydroxylation is 1. The summed E-state index contributed by atoms with van der Waals surface area (Å²) in [6.07, 6.45) is 8.88. The minimum Gasteiger partial charge on any atom is -0.362 e. The van der Waals surface area contributed by atoms with Crippen LogP contribution in [-0.4, -0.2) is 42.6 Å². The Bertz CT molecular complexity index is 907. The van der Waals surface area contributed by atoms with Crippen molar-refractivity contribution < 1.29 is 4.79 Å². The van der Waals surface area contributed by atoms with Crippen molar-refractivity contribution in [3.8, 4) is 0 Å². The molecular weight excluding hydrogens is 410 g/mol. The number of fused-ring (bicyclic) bond motifs is 1. The van der Waals surface area contributed by atoms with Gasteiger partial charge >= 0.3 is 0 Å². The molecule has 31 heavy (non-hydrogen) atoms. The first-order valence-electron chi connectivity index (χ1n) is 11.4. The second kappa shape index (κ2) is 9.86. The number of carbonyl (C=O) groups excluding carboxylic acids is 1. The average molecular weight is 442 g/mol. The molecule has 0 saturated heterocycles. The largest absolute Gasteiger partial charge is 0.362 e. The predicted octanol–water partition coefficient (Wildman–Crippen LogP) is 4.48. The van der Waals surface area contributed by atoms with Crippen molar-refractivity contribution >= 4 is 29.3 Å². The Morgan fingerprint density at radius 3 is 2.48 bits per heavy atom. The van der Waals surface area contributed by atoms with Gasteiger partial charge in [0.15, 0.2) is 0 Å². The third kappa shape index (κ3) is 5.48. The van der Waals surface area contributed by atoms with Crippen LogP contribution in [0.3, 0.4) is 0 Å². The highest BCUT2D eigenvalue weighted by Crippen LogP contribution is 2.30. The van der Waals surface area contributed by atoms with Crippen LogP contribution in [0.25, 0.3) is 0 Å². The van der Waals surface area contributed by atoms with Crippen LogP contribution >= 0.6 is 11.6 Å². The maximum absolute atomic E-state index is 12.3. The van der Waals surface area contributed by atoms with Crippen LogP contribution < -0.4 is 15.5 Å². The zero-order valence-corrected chi connectivity index (χ0v) is 19.2. The molecule has 0 aliphatic heterocycles. The number of hydrogen-bond donors (Lipinski definition) is 2. The van der Waals surface area contributed by atoms with E-state index in [9.17, 15) is 4.79 Å². The van der Waals surface area contributed by atoms with Gasteiger partial charge in [0.25, 0.3) is 5.91 Å². The van der Waals surface area contributed by atoms with Crippen molar-refractivity contribution in [2.45, 2.75) is 57.4 Å². The molecular formula is C24H32ClN5O. The minimum atomic E-state index is -0.0319. The van der Waals surface area contributed by atoms with Crippen LogP contribution in [-0.2, 0) is 12.8 Å². The molecule has 0 bridgehead atoms. The molecule has 1 heterocycles. The van der Waals surface area contributed by atoms with Crippen molar-refractivity contribution in [2.24, 2.45) is 5.92 Å². The summed E-state index contributed by atoms with van der Waals surface area (Å²) >= 11 is 5.90. The highest BCUT2D eigenvalue weighted by molar-refractivity contribution is 6.30. The SMILES string of the molecule is CN(C)c1nc(N[C@H]2CC[C@@H](CNC(=O)c3ccc(Cl)cc3)CC2)nc2c1CCCC2. The predicted molar refractivity (Wildman–Crippen MR) is 126 cm³/mol. The number of halogens is 1. The van der Waals surface area contributed by atoms with Crippen molar-refractivity contribution in [3.63, 3.8) is 0 Å². The Morgan fingerprint density at radius 1 is 1.06 bits per heavy atom. The van der Waals surface area contributed by atoms with Gasteiger partial charge in [-0.05, 0) is 81.5 Å². The molecule has 0 unspecified atom stereocenters. The summed E-state index contributed by atoms with van der Waals surface area (Å²) in [7, 11) is 4.12. The number of nitrogens with zero attached hydrogens (tertiary/aromatic N) is 3. The molecule has 1 aromatic heterocycles. The number of aromatic nitrogens is 2. The monoisotopic (exact) mass is 441 g/mol. The number of carbonyl (C=O) groups is 1. The maximum Gasteiger partial charge on any atom is 0.251 e. The first-order valence-corrected chi connectivity index (χ1v) is 11.7. The van der Waals surface area contributed by atoms with Gasteiger partial charge in [-0.2, -0.15) is 4.98 Å². The summed E-state index contributed by atoms with van der Waals surface area (Å²) in [5.74, 6) is 2.31. The van der Waals surface area contributed by atoms with Gasteiger partial charge in [0.05, 0.1) is 5.69 Å². The fourth-order valence-corrected chi connectivity index (χ4v) is 4.77. The molecule has 1 fully saturated rings. The molecule has 2 N–H and O–H groups in total. The third-order valence-electron chi connectivity index (χ3n) is 6.42. The second-order valence-electron chi connectivity index (χ2n) is 8.98. The van der Waals surface area contributed by atoms with E-state index in [4.69, 9.17) is 21.6 Å². The highest BCUT2D eigenvalue weighted by Gasteiger charge is 2.24. The highest BCUT2D eigenvalue weighted by atomic mass is 35.5. The van der Waals surface area contributed by atoms with Crippen molar-refractivity contribution in [2.75, 3.05) is 30.9 Å². The van der Waals surface area contributed by atoms with Crippen LogP contribution in [0.1, 0.15) is 60.1 Å². The Kier molecular flexibility index (Phi) is 6.96. The Morgan fingerprint density at radius 2 is 1.77 bits per heavy atom. The Labute approximate surface area is 189 Å². The smallest absolute Gasteiger partial charge is 0.251 e. The van der Waals surface area contributed by atoms with E-state index in [0.717, 1.165) is 50.3 Å². The molecule has 1 amide bonds. The standard InChI is InChI=1S/C24H32ClN5O/c1-30(2)22-20-5-3-4-6-21(20)28-24(29-22)27-19-13-7-16(8-14-19)15-26-23(31)17-9-11-18(25)12-10-17/h9-12,16,19H,3-8,13-15H2,1-2H3,(H,26,31)(H,27,28,29)/t16-,19+. The van der Waals surface area contributed by atoms with Crippen LogP contribution in [0.15, 0.2) is 24.3 Å². The van der Waals surface area contributed by atoms with Crippen molar-refractivity contribution in [1.29, 1.82) is 0 Å². The van der Waals surface area contributed by atoms with Crippen LogP contribution in [0.5, 0.6) is 0 Å².